The number of amides is 1. The summed E-state index contributed by atoms with van der Waals surface area (Å²) in [6.45, 7) is 1.30. The van der Waals surface area contributed by atoms with Crippen LogP contribution in [0.3, 0.4) is 0 Å². The van der Waals surface area contributed by atoms with Crippen molar-refractivity contribution in [3.8, 4) is 6.07 Å². The van der Waals surface area contributed by atoms with E-state index in [0.29, 0.717) is 0 Å². The van der Waals surface area contributed by atoms with Gasteiger partial charge in [0.1, 0.15) is 5.82 Å². The SMILES string of the molecule is CCOC(=O)[C@]1(C#N)[C@@H](c2c(F)cccc2Cl)CN(C)[C@@]12C(=O)Nc1ccc([N+](=O)[O-])cc12. The van der Waals surface area contributed by atoms with Gasteiger partial charge in [0.25, 0.3) is 11.6 Å². The first-order chi connectivity index (χ1) is 15.7. The normalized spacial score (nSPS) is 26.0. The molecule has 33 heavy (non-hydrogen) atoms. The van der Waals surface area contributed by atoms with Crippen molar-refractivity contribution >= 4 is 34.9 Å². The Labute approximate surface area is 192 Å². The zero-order valence-corrected chi connectivity index (χ0v) is 18.4. The van der Waals surface area contributed by atoms with Crippen molar-refractivity contribution in [2.45, 2.75) is 18.4 Å². The number of fused-ring (bicyclic) bond motifs is 2. The second-order valence-corrected chi connectivity index (χ2v) is 8.27. The predicted octanol–water partition coefficient (Wildman–Crippen LogP) is 3.34. The summed E-state index contributed by atoms with van der Waals surface area (Å²) in [7, 11) is 1.49. The van der Waals surface area contributed by atoms with Gasteiger partial charge in [0.05, 0.1) is 17.6 Å². The van der Waals surface area contributed by atoms with E-state index < -0.39 is 39.5 Å². The molecule has 1 saturated heterocycles. The van der Waals surface area contributed by atoms with Crippen LogP contribution in [0.2, 0.25) is 5.02 Å². The maximum absolute atomic E-state index is 15.0. The molecule has 3 atom stereocenters. The Bertz CT molecular complexity index is 1230. The van der Waals surface area contributed by atoms with Crippen molar-refractivity contribution in [3.63, 3.8) is 0 Å². The number of nitro groups is 1. The molecule has 0 bridgehead atoms. The van der Waals surface area contributed by atoms with Crippen molar-refractivity contribution in [2.75, 3.05) is 25.5 Å². The van der Waals surface area contributed by atoms with Crippen LogP contribution in [0.5, 0.6) is 0 Å². The van der Waals surface area contributed by atoms with E-state index in [-0.39, 0.29) is 40.7 Å². The van der Waals surface area contributed by atoms with Crippen LogP contribution in [-0.2, 0) is 19.9 Å². The molecule has 1 amide bonds. The first-order valence-corrected chi connectivity index (χ1v) is 10.4. The zero-order chi connectivity index (χ0) is 24.1. The third-order valence-corrected chi connectivity index (χ3v) is 6.75. The molecule has 11 heteroatoms. The van der Waals surface area contributed by atoms with Crippen LogP contribution in [0.25, 0.3) is 0 Å². The Morgan fingerprint density at radius 3 is 2.79 bits per heavy atom. The van der Waals surface area contributed by atoms with Gasteiger partial charge >= 0.3 is 5.97 Å². The quantitative estimate of drug-likeness (QED) is 0.411. The van der Waals surface area contributed by atoms with Gasteiger partial charge in [-0.3, -0.25) is 24.6 Å². The van der Waals surface area contributed by atoms with Crippen LogP contribution in [-0.4, -0.2) is 41.9 Å². The van der Waals surface area contributed by atoms with Crippen LogP contribution in [0.15, 0.2) is 36.4 Å². The second kappa shape index (κ2) is 7.79. The monoisotopic (exact) mass is 472 g/mol. The number of carbonyl (C=O) groups excluding carboxylic acids is 2. The van der Waals surface area contributed by atoms with Crippen molar-refractivity contribution in [2.24, 2.45) is 5.41 Å². The number of likely N-dealkylation sites (N-methyl/N-ethyl adjacent to an activating group) is 1. The van der Waals surface area contributed by atoms with E-state index in [2.05, 4.69) is 5.32 Å². The number of benzene rings is 2. The summed E-state index contributed by atoms with van der Waals surface area (Å²) >= 11 is 6.31. The molecule has 2 aliphatic heterocycles. The second-order valence-electron chi connectivity index (χ2n) is 7.86. The number of carbonyl (C=O) groups is 2. The molecule has 2 heterocycles. The minimum Gasteiger partial charge on any atom is -0.465 e. The van der Waals surface area contributed by atoms with Gasteiger partial charge < -0.3 is 10.1 Å². The number of hydrogen-bond acceptors (Lipinski definition) is 7. The number of nitro benzene ring substituents is 1. The summed E-state index contributed by atoms with van der Waals surface area (Å²) in [6, 6.07) is 9.62. The van der Waals surface area contributed by atoms with Gasteiger partial charge in [-0.1, -0.05) is 17.7 Å². The fraction of sp³-hybridized carbons (Fsp3) is 0.318. The average molecular weight is 473 g/mol. The lowest BCUT2D eigenvalue weighted by Gasteiger charge is -2.40. The van der Waals surface area contributed by atoms with E-state index in [1.165, 1.54) is 43.1 Å². The smallest absolute Gasteiger partial charge is 0.330 e. The standard InChI is InChI=1S/C22H18ClFN4O5/c1-3-33-20(30)21(11-25)14(18-15(23)5-4-6-16(18)24)10-27(2)22(21)13-9-12(28(31)32)7-8-17(13)26-19(22)29/h4-9,14H,3,10H2,1-2H3,(H,26,29)/t14-,21+,22+/m1/s1. The molecule has 1 N–H and O–H groups in total. The molecule has 0 aromatic heterocycles. The molecule has 170 valence electrons. The number of likely N-dealkylation sites (tertiary alicyclic amines) is 1. The highest BCUT2D eigenvalue weighted by atomic mass is 35.5. The third kappa shape index (κ3) is 2.79. The van der Waals surface area contributed by atoms with E-state index in [4.69, 9.17) is 16.3 Å². The summed E-state index contributed by atoms with van der Waals surface area (Å²) in [5.41, 5.74) is -4.49. The highest BCUT2D eigenvalue weighted by molar-refractivity contribution is 6.31. The van der Waals surface area contributed by atoms with Gasteiger partial charge in [-0.15, -0.1) is 0 Å². The summed E-state index contributed by atoms with van der Waals surface area (Å²) in [5, 5.41) is 24.6. The Morgan fingerprint density at radius 1 is 1.45 bits per heavy atom. The third-order valence-electron chi connectivity index (χ3n) is 6.42. The molecule has 2 aliphatic rings. The molecule has 1 fully saturated rings. The van der Waals surface area contributed by atoms with Crippen molar-refractivity contribution in [1.29, 1.82) is 5.26 Å². The summed E-state index contributed by atoms with van der Waals surface area (Å²) < 4.78 is 20.3. The predicted molar refractivity (Wildman–Crippen MR) is 115 cm³/mol. The van der Waals surface area contributed by atoms with Gasteiger partial charge in [-0.05, 0) is 32.2 Å². The molecule has 2 aromatic carbocycles. The van der Waals surface area contributed by atoms with E-state index in [0.717, 1.165) is 12.1 Å². The number of halogens is 2. The number of nitrogens with one attached hydrogen (secondary N) is 1. The Balaban J connectivity index is 2.11. The van der Waals surface area contributed by atoms with Crippen molar-refractivity contribution < 1.29 is 23.6 Å². The number of hydrogen-bond donors (Lipinski definition) is 1. The Morgan fingerprint density at radius 2 is 2.18 bits per heavy atom. The van der Waals surface area contributed by atoms with Gasteiger partial charge in [0, 0.05) is 46.4 Å². The highest BCUT2D eigenvalue weighted by Crippen LogP contribution is 2.63. The summed E-state index contributed by atoms with van der Waals surface area (Å²) in [6.07, 6.45) is 0. The van der Waals surface area contributed by atoms with Crippen LogP contribution < -0.4 is 5.32 Å². The highest BCUT2D eigenvalue weighted by Gasteiger charge is 2.76. The molecular weight excluding hydrogens is 455 g/mol. The molecule has 2 aromatic rings. The van der Waals surface area contributed by atoms with E-state index in [9.17, 15) is 25.0 Å². The first kappa shape index (κ1) is 22.6. The topological polar surface area (TPSA) is 126 Å². The van der Waals surface area contributed by atoms with Gasteiger partial charge in [0.15, 0.2) is 11.0 Å². The number of ether oxygens (including phenoxy) is 1. The number of non-ortho nitro benzene ring substituents is 1. The Kier molecular flexibility index (Phi) is 5.35. The van der Waals surface area contributed by atoms with Crippen molar-refractivity contribution in [1.82, 2.24) is 4.90 Å². The van der Waals surface area contributed by atoms with E-state index >= 15 is 4.39 Å². The Hall–Kier alpha value is -3.55. The number of anilines is 1. The van der Waals surface area contributed by atoms with Gasteiger partial charge in [0.2, 0.25) is 0 Å². The first-order valence-electron chi connectivity index (χ1n) is 10.0. The maximum atomic E-state index is 15.0. The fourth-order valence-corrected chi connectivity index (χ4v) is 5.45. The lowest BCUT2D eigenvalue weighted by molar-refractivity contribution is -0.385. The molecular formula is C22H18ClFN4O5. The average Bonchev–Trinajstić information content (AvgIpc) is 3.21. The molecule has 0 saturated carbocycles. The number of nitriles is 1. The minimum atomic E-state index is -2.30. The van der Waals surface area contributed by atoms with Crippen LogP contribution in [0.4, 0.5) is 15.8 Å². The zero-order valence-electron chi connectivity index (χ0n) is 17.6. The van der Waals surface area contributed by atoms with E-state index in [1.807, 2.05) is 6.07 Å². The molecule has 9 nitrogen and oxygen atoms in total. The van der Waals surface area contributed by atoms with Crippen LogP contribution in [0.1, 0.15) is 24.0 Å². The molecule has 1 spiro atoms. The number of esters is 1. The lowest BCUT2D eigenvalue weighted by Crippen LogP contribution is -2.58. The molecule has 4 rings (SSSR count). The minimum absolute atomic E-state index is 0.0213. The van der Waals surface area contributed by atoms with E-state index in [1.54, 1.807) is 0 Å². The largest absolute Gasteiger partial charge is 0.465 e. The van der Waals surface area contributed by atoms with Gasteiger partial charge in [-0.2, -0.15) is 5.26 Å². The maximum Gasteiger partial charge on any atom is 0.330 e. The summed E-state index contributed by atoms with van der Waals surface area (Å²) in [5.74, 6) is -3.75. The fourth-order valence-electron chi connectivity index (χ4n) is 5.15. The summed E-state index contributed by atoms with van der Waals surface area (Å²) in [4.78, 5) is 39.4. The van der Waals surface area contributed by atoms with Crippen LogP contribution in [0, 0.1) is 32.7 Å². The molecule has 0 aliphatic carbocycles. The van der Waals surface area contributed by atoms with Crippen LogP contribution >= 0.6 is 11.6 Å². The molecule has 0 unspecified atom stereocenters. The lowest BCUT2D eigenvalue weighted by atomic mass is 9.61. The van der Waals surface area contributed by atoms with Crippen molar-refractivity contribution in [3.05, 3.63) is 68.5 Å². The molecule has 0 radical (unpaired) electrons. The number of rotatable bonds is 4. The number of nitrogens with zero attached hydrogens (tertiary/aromatic N) is 3. The van der Waals surface area contributed by atoms with Gasteiger partial charge in [-0.25, -0.2) is 4.39 Å².